The molecule has 1 aliphatic rings. The van der Waals surface area contributed by atoms with Crippen molar-refractivity contribution in [3.63, 3.8) is 0 Å². The Hall–Kier alpha value is -1.81. The van der Waals surface area contributed by atoms with Crippen LogP contribution >= 0.6 is 0 Å². The maximum absolute atomic E-state index is 11.2. The molecular formula is C18H24N2O2. The van der Waals surface area contributed by atoms with Gasteiger partial charge >= 0.3 is 5.97 Å². The highest BCUT2D eigenvalue weighted by Gasteiger charge is 2.21. The Morgan fingerprint density at radius 1 is 1.32 bits per heavy atom. The van der Waals surface area contributed by atoms with E-state index in [1.807, 2.05) is 0 Å². The van der Waals surface area contributed by atoms with Gasteiger partial charge in [-0.3, -0.25) is 9.69 Å². The molecular weight excluding hydrogens is 276 g/mol. The molecule has 1 atom stereocenters. The first-order chi connectivity index (χ1) is 10.5. The van der Waals surface area contributed by atoms with E-state index in [1.165, 1.54) is 22.0 Å². The topological polar surface area (TPSA) is 45.5 Å². The lowest BCUT2D eigenvalue weighted by atomic mass is 9.99. The highest BCUT2D eigenvalue weighted by molar-refractivity contribution is 5.86. The van der Waals surface area contributed by atoms with Gasteiger partial charge in [-0.1, -0.05) is 13.8 Å². The monoisotopic (exact) mass is 300 g/mol. The van der Waals surface area contributed by atoms with Gasteiger partial charge in [0.05, 0.1) is 5.92 Å². The number of hydrogen-bond donors (Lipinski definition) is 1. The van der Waals surface area contributed by atoms with Gasteiger partial charge in [0, 0.05) is 36.7 Å². The SMILES string of the molecule is CCCn1cc(CC(C)C(=O)O)c2cc3c(cc21)CN(C)C3. The number of carboxylic acid groups (broad SMARTS) is 1. The zero-order chi connectivity index (χ0) is 15.9. The molecule has 0 fully saturated rings. The third kappa shape index (κ3) is 2.63. The standard InChI is InChI=1S/C18H24N2O2/c1-4-5-20-11-15(6-12(2)18(21)22)16-7-13-9-19(3)10-14(13)8-17(16)20/h7-8,11-12H,4-6,9-10H2,1-3H3,(H,21,22). The quantitative estimate of drug-likeness (QED) is 0.922. The van der Waals surface area contributed by atoms with Crippen molar-refractivity contribution in [1.82, 2.24) is 9.47 Å². The summed E-state index contributed by atoms with van der Waals surface area (Å²) >= 11 is 0. The van der Waals surface area contributed by atoms with Crippen molar-refractivity contribution >= 4 is 16.9 Å². The molecule has 0 spiro atoms. The summed E-state index contributed by atoms with van der Waals surface area (Å²) in [5.41, 5.74) is 5.20. The van der Waals surface area contributed by atoms with Crippen LogP contribution in [0, 0.1) is 5.92 Å². The molecule has 3 rings (SSSR count). The summed E-state index contributed by atoms with van der Waals surface area (Å²) in [6, 6.07) is 4.59. The summed E-state index contributed by atoms with van der Waals surface area (Å²) in [7, 11) is 2.14. The van der Waals surface area contributed by atoms with Crippen molar-refractivity contribution in [3.05, 3.63) is 35.0 Å². The molecule has 0 bridgehead atoms. The largest absolute Gasteiger partial charge is 0.481 e. The minimum absolute atomic E-state index is 0.350. The second-order valence-electron chi connectivity index (χ2n) is 6.60. The lowest BCUT2D eigenvalue weighted by molar-refractivity contribution is -0.141. The zero-order valence-corrected chi connectivity index (χ0v) is 13.6. The van der Waals surface area contributed by atoms with Gasteiger partial charge in [0.1, 0.15) is 0 Å². The van der Waals surface area contributed by atoms with Gasteiger partial charge in [0.15, 0.2) is 0 Å². The Bertz CT molecular complexity index is 717. The van der Waals surface area contributed by atoms with E-state index in [0.29, 0.717) is 6.42 Å². The summed E-state index contributed by atoms with van der Waals surface area (Å²) in [5.74, 6) is -1.08. The summed E-state index contributed by atoms with van der Waals surface area (Å²) in [6.45, 7) is 6.92. The Morgan fingerprint density at radius 2 is 2.00 bits per heavy atom. The van der Waals surface area contributed by atoms with Gasteiger partial charge in [-0.25, -0.2) is 0 Å². The Balaban J connectivity index is 2.08. The number of aliphatic carboxylic acids is 1. The van der Waals surface area contributed by atoms with Crippen molar-refractivity contribution in [1.29, 1.82) is 0 Å². The molecule has 1 aromatic heterocycles. The van der Waals surface area contributed by atoms with Gasteiger partial charge in [-0.15, -0.1) is 0 Å². The van der Waals surface area contributed by atoms with Gasteiger partial charge in [-0.05, 0) is 48.7 Å². The van der Waals surface area contributed by atoms with Crippen LogP contribution in [0.1, 0.15) is 37.0 Å². The van der Waals surface area contributed by atoms with E-state index in [1.54, 1.807) is 6.92 Å². The van der Waals surface area contributed by atoms with Crippen molar-refractivity contribution in [2.75, 3.05) is 7.05 Å². The Kier molecular flexibility index (Phi) is 3.96. The summed E-state index contributed by atoms with van der Waals surface area (Å²) in [5, 5.41) is 10.4. The van der Waals surface area contributed by atoms with Crippen LogP contribution in [0.15, 0.2) is 18.3 Å². The van der Waals surface area contributed by atoms with Crippen LogP contribution in [0.5, 0.6) is 0 Å². The fraction of sp³-hybridized carbons (Fsp3) is 0.500. The number of nitrogens with zero attached hydrogens (tertiary/aromatic N) is 2. The molecule has 118 valence electrons. The molecule has 0 aliphatic carbocycles. The number of fused-ring (bicyclic) bond motifs is 2. The summed E-state index contributed by atoms with van der Waals surface area (Å²) < 4.78 is 2.29. The van der Waals surface area contributed by atoms with E-state index in [0.717, 1.165) is 31.6 Å². The van der Waals surface area contributed by atoms with Gasteiger partial charge in [0.2, 0.25) is 0 Å². The number of carbonyl (C=O) groups is 1. The second-order valence-corrected chi connectivity index (χ2v) is 6.60. The molecule has 0 saturated heterocycles. The Morgan fingerprint density at radius 3 is 2.64 bits per heavy atom. The number of aromatic nitrogens is 1. The molecule has 1 aliphatic heterocycles. The molecule has 0 amide bonds. The minimum atomic E-state index is -0.725. The van der Waals surface area contributed by atoms with E-state index < -0.39 is 5.97 Å². The molecule has 4 nitrogen and oxygen atoms in total. The zero-order valence-electron chi connectivity index (χ0n) is 13.6. The molecule has 2 aromatic rings. The van der Waals surface area contributed by atoms with E-state index in [4.69, 9.17) is 0 Å². The normalized spacial score (nSPS) is 16.1. The van der Waals surface area contributed by atoms with Crippen LogP contribution in [0.2, 0.25) is 0 Å². The fourth-order valence-corrected chi connectivity index (χ4v) is 3.44. The maximum Gasteiger partial charge on any atom is 0.306 e. The molecule has 22 heavy (non-hydrogen) atoms. The number of hydrogen-bond acceptors (Lipinski definition) is 2. The second kappa shape index (κ2) is 5.76. The van der Waals surface area contributed by atoms with Crippen LogP contribution in [0.4, 0.5) is 0 Å². The van der Waals surface area contributed by atoms with Gasteiger partial charge in [-0.2, -0.15) is 0 Å². The molecule has 4 heteroatoms. The highest BCUT2D eigenvalue weighted by atomic mass is 16.4. The van der Waals surface area contributed by atoms with Crippen LogP contribution < -0.4 is 0 Å². The molecule has 1 aromatic carbocycles. The fourth-order valence-electron chi connectivity index (χ4n) is 3.44. The maximum atomic E-state index is 11.2. The summed E-state index contributed by atoms with van der Waals surface area (Å²) in [6.07, 6.45) is 3.83. The van der Waals surface area contributed by atoms with Crippen LogP contribution in [-0.2, 0) is 30.8 Å². The first-order valence-corrected chi connectivity index (χ1v) is 8.04. The Labute approximate surface area is 131 Å². The minimum Gasteiger partial charge on any atom is -0.481 e. The van der Waals surface area contributed by atoms with Gasteiger partial charge in [0.25, 0.3) is 0 Å². The number of aryl methyl sites for hydroxylation is 1. The number of benzene rings is 1. The predicted molar refractivity (Wildman–Crippen MR) is 87.9 cm³/mol. The van der Waals surface area contributed by atoms with Crippen LogP contribution in [0.25, 0.3) is 10.9 Å². The average Bonchev–Trinajstić information content (AvgIpc) is 2.97. The van der Waals surface area contributed by atoms with Gasteiger partial charge < -0.3 is 9.67 Å². The highest BCUT2D eigenvalue weighted by Crippen LogP contribution is 2.31. The molecule has 2 heterocycles. The first kappa shape index (κ1) is 15.1. The third-order valence-electron chi connectivity index (χ3n) is 4.58. The van der Waals surface area contributed by atoms with Crippen molar-refractivity contribution in [3.8, 4) is 0 Å². The van der Waals surface area contributed by atoms with E-state index >= 15 is 0 Å². The van der Waals surface area contributed by atoms with E-state index in [9.17, 15) is 9.90 Å². The average molecular weight is 300 g/mol. The smallest absolute Gasteiger partial charge is 0.306 e. The number of rotatable bonds is 5. The third-order valence-corrected chi connectivity index (χ3v) is 4.58. The van der Waals surface area contributed by atoms with Crippen molar-refractivity contribution < 1.29 is 9.90 Å². The van der Waals surface area contributed by atoms with Crippen molar-refractivity contribution in [2.24, 2.45) is 5.92 Å². The lowest BCUT2D eigenvalue weighted by Crippen LogP contribution is -2.12. The van der Waals surface area contributed by atoms with Crippen LogP contribution in [0.3, 0.4) is 0 Å². The molecule has 1 unspecified atom stereocenters. The van der Waals surface area contributed by atoms with E-state index in [2.05, 4.69) is 41.8 Å². The predicted octanol–water partition coefficient (Wildman–Crippen LogP) is 3.26. The first-order valence-electron chi connectivity index (χ1n) is 8.04. The molecule has 0 radical (unpaired) electrons. The van der Waals surface area contributed by atoms with Crippen molar-refractivity contribution in [2.45, 2.75) is 46.3 Å². The summed E-state index contributed by atoms with van der Waals surface area (Å²) in [4.78, 5) is 13.5. The van der Waals surface area contributed by atoms with E-state index in [-0.39, 0.29) is 5.92 Å². The molecule has 0 saturated carbocycles. The molecule has 1 N–H and O–H groups in total. The van der Waals surface area contributed by atoms with Crippen LogP contribution in [-0.4, -0.2) is 27.6 Å². The number of carboxylic acids is 1. The lowest BCUT2D eigenvalue weighted by Gasteiger charge is -2.06.